The molecule has 0 radical (unpaired) electrons. The van der Waals surface area contributed by atoms with Crippen molar-refractivity contribution in [3.63, 3.8) is 0 Å². The number of rotatable bonds is 6. The molecule has 0 aliphatic heterocycles. The number of carbonyl (C=O) groups excluding carboxylic acids is 1. The summed E-state index contributed by atoms with van der Waals surface area (Å²) in [6.07, 6.45) is -13.3. The fourth-order valence-corrected chi connectivity index (χ4v) is 4.40. The molecule has 0 amide bonds. The normalized spacial score (nSPS) is 12.8. The molecule has 1 N–H and O–H groups in total. The predicted molar refractivity (Wildman–Crippen MR) is 127 cm³/mol. The van der Waals surface area contributed by atoms with Gasteiger partial charge >= 0.3 is 18.3 Å². The summed E-state index contributed by atoms with van der Waals surface area (Å²) in [6, 6.07) is 22.0. The van der Waals surface area contributed by atoms with Crippen LogP contribution in [0.4, 0.5) is 26.3 Å². The summed E-state index contributed by atoms with van der Waals surface area (Å²) in [5.41, 5.74) is -1.92. The Morgan fingerprint density at radius 3 is 1.95 bits per heavy atom. The van der Waals surface area contributed by atoms with E-state index >= 15 is 0 Å². The number of hydrogen-bond acceptors (Lipinski definition) is 3. The lowest BCUT2D eigenvalue weighted by atomic mass is 9.92. The summed E-state index contributed by atoms with van der Waals surface area (Å²) in [7, 11) is 0. The van der Waals surface area contributed by atoms with Crippen molar-refractivity contribution in [2.75, 3.05) is 6.61 Å². The van der Waals surface area contributed by atoms with E-state index in [9.17, 15) is 36.2 Å². The van der Waals surface area contributed by atoms with Crippen LogP contribution in [-0.4, -0.2) is 35.6 Å². The van der Waals surface area contributed by atoms with Crippen molar-refractivity contribution in [1.29, 1.82) is 0 Å². The Bertz CT molecular complexity index is 1440. The maximum atomic E-state index is 12.9. The Kier molecular flexibility index (Phi) is 6.94. The molecule has 4 rings (SSSR count). The Labute approximate surface area is 208 Å². The predicted octanol–water partition coefficient (Wildman–Crippen LogP) is 7.29. The van der Waals surface area contributed by atoms with E-state index < -0.39 is 37.0 Å². The van der Waals surface area contributed by atoms with Crippen molar-refractivity contribution in [2.45, 2.75) is 37.7 Å². The minimum absolute atomic E-state index is 0.00401. The molecule has 9 heteroatoms. The van der Waals surface area contributed by atoms with Gasteiger partial charge in [0.1, 0.15) is 0 Å². The molecule has 0 saturated heterocycles. The molecular formula is C28H22F6O3. The van der Waals surface area contributed by atoms with Crippen molar-refractivity contribution in [1.82, 2.24) is 0 Å². The topological polar surface area (TPSA) is 46.5 Å². The van der Waals surface area contributed by atoms with E-state index in [4.69, 9.17) is 4.74 Å². The maximum Gasteiger partial charge on any atom is 0.426 e. The summed E-state index contributed by atoms with van der Waals surface area (Å²) in [5.74, 6) is -1.09. The van der Waals surface area contributed by atoms with Crippen LogP contribution in [0.5, 0.6) is 0 Å². The number of esters is 1. The van der Waals surface area contributed by atoms with E-state index in [1.54, 1.807) is 30.3 Å². The van der Waals surface area contributed by atoms with Crippen LogP contribution in [0.2, 0.25) is 0 Å². The van der Waals surface area contributed by atoms with E-state index in [-0.39, 0.29) is 5.56 Å². The molecule has 194 valence electrons. The summed E-state index contributed by atoms with van der Waals surface area (Å²) in [6.45, 7) is 0.742. The Hall–Kier alpha value is -3.59. The first-order chi connectivity index (χ1) is 17.3. The molecule has 0 unspecified atom stereocenters. The summed E-state index contributed by atoms with van der Waals surface area (Å²) < 4.78 is 82.1. The molecule has 0 saturated carbocycles. The second-order valence-corrected chi connectivity index (χ2v) is 8.82. The Balaban J connectivity index is 1.60. The van der Waals surface area contributed by atoms with Gasteiger partial charge in [0, 0.05) is 6.42 Å². The maximum absolute atomic E-state index is 12.9. The largest absolute Gasteiger partial charge is 0.462 e. The van der Waals surface area contributed by atoms with Crippen molar-refractivity contribution in [3.05, 3.63) is 95.1 Å². The third-order valence-corrected chi connectivity index (χ3v) is 6.48. The van der Waals surface area contributed by atoms with Crippen molar-refractivity contribution in [3.8, 4) is 0 Å². The number of ether oxygens (including phenoxy) is 1. The Morgan fingerprint density at radius 1 is 0.730 bits per heavy atom. The minimum Gasteiger partial charge on any atom is -0.462 e. The first-order valence-corrected chi connectivity index (χ1v) is 11.3. The molecule has 37 heavy (non-hydrogen) atoms. The van der Waals surface area contributed by atoms with Crippen LogP contribution < -0.4 is 0 Å². The zero-order valence-corrected chi connectivity index (χ0v) is 19.6. The Morgan fingerprint density at radius 2 is 1.27 bits per heavy atom. The lowest BCUT2D eigenvalue weighted by molar-refractivity contribution is -0.371. The van der Waals surface area contributed by atoms with Crippen LogP contribution >= 0.6 is 0 Å². The highest BCUT2D eigenvalue weighted by molar-refractivity contribution is 6.05. The molecule has 0 spiro atoms. The molecule has 0 aliphatic rings. The second kappa shape index (κ2) is 9.70. The molecule has 4 aromatic carbocycles. The number of benzene rings is 4. The molecule has 3 nitrogen and oxygen atoms in total. The van der Waals surface area contributed by atoms with Gasteiger partial charge in [-0.05, 0) is 57.6 Å². The molecule has 4 aromatic rings. The first-order valence-electron chi connectivity index (χ1n) is 11.3. The highest BCUT2D eigenvalue weighted by Crippen LogP contribution is 2.45. The van der Waals surface area contributed by atoms with E-state index in [0.717, 1.165) is 27.5 Å². The number of carbonyl (C=O) groups is 1. The number of hydrogen-bond donors (Lipinski definition) is 1. The van der Waals surface area contributed by atoms with E-state index in [1.165, 1.54) is 6.07 Å². The lowest BCUT2D eigenvalue weighted by Crippen LogP contribution is -2.57. The van der Waals surface area contributed by atoms with Gasteiger partial charge < -0.3 is 9.84 Å². The fraction of sp³-hybridized carbons (Fsp3) is 0.250. The number of alkyl halides is 6. The van der Waals surface area contributed by atoms with E-state index in [2.05, 4.69) is 0 Å². The third kappa shape index (κ3) is 5.00. The summed E-state index contributed by atoms with van der Waals surface area (Å²) in [5, 5.41) is 12.6. The van der Waals surface area contributed by atoms with Gasteiger partial charge in [-0.1, -0.05) is 66.7 Å². The van der Waals surface area contributed by atoms with Crippen LogP contribution in [0.15, 0.2) is 72.8 Å². The lowest BCUT2D eigenvalue weighted by Gasteiger charge is -2.32. The van der Waals surface area contributed by atoms with Gasteiger partial charge in [-0.3, -0.25) is 0 Å². The van der Waals surface area contributed by atoms with Crippen LogP contribution in [0.25, 0.3) is 21.5 Å². The summed E-state index contributed by atoms with van der Waals surface area (Å²) in [4.78, 5) is 12.7. The van der Waals surface area contributed by atoms with Gasteiger partial charge in [0.2, 0.25) is 0 Å². The standard InChI is InChI=1S/C28H22F6O3/c1-17-6-4-11-21-18(7-5-10-20(17)21)16-19-12-13-24(23-9-3-2-8-22(19)23)25(35)37-15-14-26(36,27(29,30)31)28(32,33)34/h2-13,36H,14-16H2,1H3. The number of aryl methyl sites for hydroxylation is 1. The molecule has 0 fully saturated rings. The molecule has 0 aliphatic carbocycles. The fourth-order valence-electron chi connectivity index (χ4n) is 4.40. The SMILES string of the molecule is Cc1cccc2c(Cc3ccc(C(=O)OCCC(O)(C(F)(F)F)C(F)(F)F)c4ccccc34)cccc12. The smallest absolute Gasteiger partial charge is 0.426 e. The van der Waals surface area contributed by atoms with Crippen LogP contribution in [0.1, 0.15) is 33.5 Å². The van der Waals surface area contributed by atoms with Gasteiger partial charge in [0.25, 0.3) is 5.60 Å². The molecule has 0 heterocycles. The van der Waals surface area contributed by atoms with E-state index in [1.807, 2.05) is 43.3 Å². The van der Waals surface area contributed by atoms with Gasteiger partial charge in [0.05, 0.1) is 12.2 Å². The number of aliphatic hydroxyl groups is 1. The van der Waals surface area contributed by atoms with Gasteiger partial charge in [-0.2, -0.15) is 26.3 Å². The van der Waals surface area contributed by atoms with Crippen LogP contribution in [0.3, 0.4) is 0 Å². The van der Waals surface area contributed by atoms with E-state index in [0.29, 0.717) is 17.2 Å². The highest BCUT2D eigenvalue weighted by Gasteiger charge is 2.70. The average Bonchev–Trinajstić information content (AvgIpc) is 2.83. The van der Waals surface area contributed by atoms with Crippen molar-refractivity contribution >= 4 is 27.5 Å². The summed E-state index contributed by atoms with van der Waals surface area (Å²) >= 11 is 0. The average molecular weight is 520 g/mol. The van der Waals surface area contributed by atoms with Crippen molar-refractivity contribution < 1.29 is 41.0 Å². The third-order valence-electron chi connectivity index (χ3n) is 6.48. The zero-order chi connectivity index (χ0) is 27.0. The highest BCUT2D eigenvalue weighted by atomic mass is 19.4. The van der Waals surface area contributed by atoms with Crippen molar-refractivity contribution in [2.24, 2.45) is 0 Å². The zero-order valence-electron chi connectivity index (χ0n) is 19.6. The quantitative estimate of drug-likeness (QED) is 0.215. The van der Waals surface area contributed by atoms with Gasteiger partial charge in [-0.25, -0.2) is 4.79 Å². The second-order valence-electron chi connectivity index (χ2n) is 8.82. The van der Waals surface area contributed by atoms with Gasteiger partial charge in [0.15, 0.2) is 0 Å². The monoisotopic (exact) mass is 520 g/mol. The van der Waals surface area contributed by atoms with Crippen LogP contribution in [0, 0.1) is 6.92 Å². The first kappa shape index (κ1) is 26.5. The van der Waals surface area contributed by atoms with Gasteiger partial charge in [-0.15, -0.1) is 0 Å². The molecule has 0 bridgehead atoms. The molecule has 0 atom stereocenters. The number of fused-ring (bicyclic) bond motifs is 2. The minimum atomic E-state index is -5.98. The molecule has 0 aromatic heterocycles. The number of halogens is 6. The van der Waals surface area contributed by atoms with Crippen LogP contribution in [-0.2, 0) is 11.2 Å². The molecular weight excluding hydrogens is 498 g/mol.